The molecule has 0 heterocycles. The van der Waals surface area contributed by atoms with Gasteiger partial charge in [-0.25, -0.2) is 4.79 Å². The van der Waals surface area contributed by atoms with Crippen molar-refractivity contribution >= 4 is 17.9 Å². The summed E-state index contributed by atoms with van der Waals surface area (Å²) in [6, 6.07) is -0.474. The van der Waals surface area contributed by atoms with Crippen LogP contribution in [0.2, 0.25) is 0 Å². The van der Waals surface area contributed by atoms with E-state index >= 15 is 0 Å². The molecular weight excluding hydrogens is 226 g/mol. The van der Waals surface area contributed by atoms with E-state index in [0.29, 0.717) is 6.42 Å². The Morgan fingerprint density at radius 3 is 2.29 bits per heavy atom. The second-order valence-corrected chi connectivity index (χ2v) is 3.93. The third-order valence-electron chi connectivity index (χ3n) is 2.18. The zero-order valence-corrected chi connectivity index (χ0v) is 10.3. The van der Waals surface area contributed by atoms with Gasteiger partial charge in [0.1, 0.15) is 0 Å². The van der Waals surface area contributed by atoms with Gasteiger partial charge >= 0.3 is 12.0 Å². The first kappa shape index (κ1) is 15.2. The van der Waals surface area contributed by atoms with Crippen LogP contribution in [0.15, 0.2) is 0 Å². The van der Waals surface area contributed by atoms with Crippen LogP contribution in [0.4, 0.5) is 4.79 Å². The summed E-state index contributed by atoms with van der Waals surface area (Å²) in [6.45, 7) is 1.75. The summed E-state index contributed by atoms with van der Waals surface area (Å²) < 4.78 is 0. The number of rotatable bonds is 6. The fraction of sp³-hybridized carbons (Fsp3) is 0.700. The number of urea groups is 1. The fourth-order valence-electron chi connectivity index (χ4n) is 0.902. The van der Waals surface area contributed by atoms with E-state index in [-0.39, 0.29) is 19.0 Å². The van der Waals surface area contributed by atoms with Crippen LogP contribution in [0.25, 0.3) is 0 Å². The fourth-order valence-corrected chi connectivity index (χ4v) is 0.902. The number of likely N-dealkylation sites (N-methyl/N-ethyl adjacent to an activating group) is 1. The molecule has 0 radical (unpaired) electrons. The van der Waals surface area contributed by atoms with Gasteiger partial charge in [-0.3, -0.25) is 9.59 Å². The Kier molecular flexibility index (Phi) is 6.69. The van der Waals surface area contributed by atoms with E-state index in [1.165, 1.54) is 4.90 Å². The van der Waals surface area contributed by atoms with Gasteiger partial charge < -0.3 is 20.6 Å². The molecule has 7 heteroatoms. The highest BCUT2D eigenvalue weighted by atomic mass is 16.4. The molecule has 0 fully saturated rings. The number of nitrogens with one attached hydrogen (secondary N) is 2. The van der Waals surface area contributed by atoms with Crippen molar-refractivity contribution in [2.45, 2.75) is 13.3 Å². The molecule has 17 heavy (non-hydrogen) atoms. The molecule has 1 unspecified atom stereocenters. The molecule has 0 aromatic rings. The van der Waals surface area contributed by atoms with Gasteiger partial charge in [0.2, 0.25) is 5.91 Å². The van der Waals surface area contributed by atoms with Crippen molar-refractivity contribution in [2.75, 3.05) is 27.2 Å². The predicted molar refractivity (Wildman–Crippen MR) is 61.5 cm³/mol. The Morgan fingerprint density at radius 1 is 1.24 bits per heavy atom. The molecule has 0 saturated carbocycles. The zero-order chi connectivity index (χ0) is 13.4. The average Bonchev–Trinajstić information content (AvgIpc) is 2.25. The lowest BCUT2D eigenvalue weighted by atomic mass is 10.1. The van der Waals surface area contributed by atoms with Crippen molar-refractivity contribution in [3.8, 4) is 0 Å². The molecule has 98 valence electrons. The second kappa shape index (κ2) is 7.48. The summed E-state index contributed by atoms with van der Waals surface area (Å²) >= 11 is 0. The minimum Gasteiger partial charge on any atom is -0.481 e. The Morgan fingerprint density at radius 2 is 1.82 bits per heavy atom. The predicted octanol–water partition coefficient (Wildman–Crippen LogP) is -0.515. The summed E-state index contributed by atoms with van der Waals surface area (Å²) in [5.41, 5.74) is 0. The molecule has 0 spiro atoms. The third kappa shape index (κ3) is 7.15. The first-order valence-corrected chi connectivity index (χ1v) is 5.29. The van der Waals surface area contributed by atoms with Crippen LogP contribution in [0.1, 0.15) is 13.3 Å². The highest BCUT2D eigenvalue weighted by molar-refractivity contribution is 5.83. The molecule has 0 aromatic carbocycles. The van der Waals surface area contributed by atoms with Gasteiger partial charge in [-0.1, -0.05) is 6.92 Å². The lowest BCUT2D eigenvalue weighted by Crippen LogP contribution is -2.42. The van der Waals surface area contributed by atoms with E-state index in [0.717, 1.165) is 0 Å². The first-order valence-electron chi connectivity index (χ1n) is 5.29. The first-order chi connectivity index (χ1) is 7.84. The van der Waals surface area contributed by atoms with Crippen LogP contribution in [0.5, 0.6) is 0 Å². The molecule has 3 N–H and O–H groups in total. The number of carbonyl (C=O) groups is 3. The van der Waals surface area contributed by atoms with Crippen LogP contribution in [-0.4, -0.2) is 55.1 Å². The van der Waals surface area contributed by atoms with Crippen LogP contribution in [-0.2, 0) is 9.59 Å². The molecule has 0 aliphatic rings. The van der Waals surface area contributed by atoms with E-state index in [1.54, 1.807) is 21.0 Å². The van der Waals surface area contributed by atoms with Crippen molar-refractivity contribution in [2.24, 2.45) is 5.92 Å². The van der Waals surface area contributed by atoms with Crippen LogP contribution in [0.3, 0.4) is 0 Å². The molecule has 3 amide bonds. The maximum absolute atomic E-state index is 11.2. The highest BCUT2D eigenvalue weighted by Crippen LogP contribution is 1.99. The molecule has 0 rings (SSSR count). The molecule has 0 aliphatic heterocycles. The average molecular weight is 245 g/mol. The maximum Gasteiger partial charge on any atom is 0.315 e. The number of nitrogens with zero attached hydrogens (tertiary/aromatic N) is 1. The standard InChI is InChI=1S/C10H19N3O4/c1-7(9(15)16)4-5-11-10(17)12-6-8(14)13(2)3/h7H,4-6H2,1-3H3,(H,15,16)(H2,11,12,17). The zero-order valence-electron chi connectivity index (χ0n) is 10.3. The van der Waals surface area contributed by atoms with E-state index in [9.17, 15) is 14.4 Å². The number of hydrogen-bond donors (Lipinski definition) is 3. The smallest absolute Gasteiger partial charge is 0.315 e. The van der Waals surface area contributed by atoms with Crippen LogP contribution < -0.4 is 10.6 Å². The lowest BCUT2D eigenvalue weighted by molar-refractivity contribution is -0.141. The minimum atomic E-state index is -0.894. The van der Waals surface area contributed by atoms with Crippen molar-refractivity contribution < 1.29 is 19.5 Å². The van der Waals surface area contributed by atoms with Crippen LogP contribution in [0, 0.1) is 5.92 Å². The molecular formula is C10H19N3O4. The number of hydrogen-bond acceptors (Lipinski definition) is 3. The number of carbonyl (C=O) groups excluding carboxylic acids is 2. The lowest BCUT2D eigenvalue weighted by Gasteiger charge is -2.12. The molecule has 7 nitrogen and oxygen atoms in total. The third-order valence-corrected chi connectivity index (χ3v) is 2.18. The van der Waals surface area contributed by atoms with Gasteiger partial charge in [0, 0.05) is 20.6 Å². The van der Waals surface area contributed by atoms with Gasteiger partial charge in [-0.15, -0.1) is 0 Å². The van der Waals surface area contributed by atoms with Gasteiger partial charge in [0.05, 0.1) is 12.5 Å². The Balaban J connectivity index is 3.67. The summed E-state index contributed by atoms with van der Waals surface area (Å²) in [5, 5.41) is 13.5. The summed E-state index contributed by atoms with van der Waals surface area (Å²) in [5.74, 6) is -1.60. The molecule has 0 bridgehead atoms. The van der Waals surface area contributed by atoms with Gasteiger partial charge in [0.15, 0.2) is 0 Å². The maximum atomic E-state index is 11.2. The summed E-state index contributed by atoms with van der Waals surface area (Å²) in [6.07, 6.45) is 0.352. The molecule has 0 aliphatic carbocycles. The van der Waals surface area contributed by atoms with Crippen molar-refractivity contribution in [3.05, 3.63) is 0 Å². The highest BCUT2D eigenvalue weighted by Gasteiger charge is 2.11. The molecule has 0 aromatic heterocycles. The van der Waals surface area contributed by atoms with E-state index in [1.807, 2.05) is 0 Å². The Hall–Kier alpha value is -1.79. The Labute approximate surface area is 100 Å². The molecule has 1 atom stereocenters. The van der Waals surface area contributed by atoms with Crippen molar-refractivity contribution in [3.63, 3.8) is 0 Å². The van der Waals surface area contributed by atoms with E-state index < -0.39 is 17.9 Å². The quantitative estimate of drug-likeness (QED) is 0.586. The topological polar surface area (TPSA) is 98.7 Å². The van der Waals surface area contributed by atoms with Crippen molar-refractivity contribution in [1.29, 1.82) is 0 Å². The van der Waals surface area contributed by atoms with E-state index in [4.69, 9.17) is 5.11 Å². The van der Waals surface area contributed by atoms with Gasteiger partial charge in [-0.2, -0.15) is 0 Å². The number of aliphatic carboxylic acids is 1. The monoisotopic (exact) mass is 245 g/mol. The Bertz CT molecular complexity index is 291. The van der Waals surface area contributed by atoms with E-state index in [2.05, 4.69) is 10.6 Å². The number of amides is 3. The van der Waals surface area contributed by atoms with Gasteiger partial charge in [0.25, 0.3) is 0 Å². The van der Waals surface area contributed by atoms with Gasteiger partial charge in [-0.05, 0) is 6.42 Å². The summed E-state index contributed by atoms with van der Waals surface area (Å²) in [7, 11) is 3.19. The number of carboxylic acids is 1. The van der Waals surface area contributed by atoms with Crippen molar-refractivity contribution in [1.82, 2.24) is 15.5 Å². The SMILES string of the molecule is CC(CCNC(=O)NCC(=O)N(C)C)C(=O)O. The van der Waals surface area contributed by atoms with Crippen LogP contribution >= 0.6 is 0 Å². The minimum absolute atomic E-state index is 0.0761. The largest absolute Gasteiger partial charge is 0.481 e. The number of carboxylic acid groups (broad SMARTS) is 1. The summed E-state index contributed by atoms with van der Waals surface area (Å²) in [4.78, 5) is 34.2. The second-order valence-electron chi connectivity index (χ2n) is 3.93. The molecule has 0 saturated heterocycles. The normalized spacial score (nSPS) is 11.5.